The van der Waals surface area contributed by atoms with Crippen molar-refractivity contribution in [1.82, 2.24) is 9.80 Å². The van der Waals surface area contributed by atoms with Crippen molar-refractivity contribution >= 4 is 5.91 Å². The minimum absolute atomic E-state index is 0.210. The van der Waals surface area contributed by atoms with Crippen LogP contribution < -0.4 is 0 Å². The van der Waals surface area contributed by atoms with Gasteiger partial charge in [-0.25, -0.2) is 0 Å². The zero-order chi connectivity index (χ0) is 17.6. The zero-order valence-electron chi connectivity index (χ0n) is 15.3. The van der Waals surface area contributed by atoms with Crippen LogP contribution in [0.4, 0.5) is 0 Å². The average Bonchev–Trinajstić information content (AvgIpc) is 3.15. The summed E-state index contributed by atoms with van der Waals surface area (Å²) in [6.45, 7) is 8.19. The number of amides is 1. The molecule has 1 unspecified atom stereocenters. The van der Waals surface area contributed by atoms with Crippen LogP contribution in [0.15, 0.2) is 60.7 Å². The Bertz CT molecular complexity index is 627. The second kappa shape index (κ2) is 8.30. The first-order valence-electron chi connectivity index (χ1n) is 9.37. The number of nitrogens with zero attached hydrogens (tertiary/aromatic N) is 2. The molecule has 1 fully saturated rings. The molecule has 3 heteroatoms. The van der Waals surface area contributed by atoms with Crippen molar-refractivity contribution in [3.05, 3.63) is 71.8 Å². The number of carbonyl (C=O) groups is 1. The molecule has 0 radical (unpaired) electrons. The topological polar surface area (TPSA) is 23.6 Å². The molecule has 1 amide bonds. The van der Waals surface area contributed by atoms with Gasteiger partial charge >= 0.3 is 0 Å². The van der Waals surface area contributed by atoms with Crippen molar-refractivity contribution in [3.8, 4) is 0 Å². The fourth-order valence-corrected chi connectivity index (χ4v) is 3.93. The van der Waals surface area contributed by atoms with E-state index in [1.807, 2.05) is 36.4 Å². The first-order valence-corrected chi connectivity index (χ1v) is 9.37. The van der Waals surface area contributed by atoms with Crippen molar-refractivity contribution in [2.24, 2.45) is 0 Å². The van der Waals surface area contributed by atoms with Crippen LogP contribution in [0.5, 0.6) is 0 Å². The van der Waals surface area contributed by atoms with E-state index in [1.165, 1.54) is 0 Å². The van der Waals surface area contributed by atoms with E-state index in [0.717, 1.165) is 43.7 Å². The first-order chi connectivity index (χ1) is 12.2. The molecule has 132 valence electrons. The van der Waals surface area contributed by atoms with Gasteiger partial charge in [0.15, 0.2) is 0 Å². The molecule has 1 aliphatic rings. The number of likely N-dealkylation sites (N-methyl/N-ethyl adjacent to an activating group) is 1. The molecule has 1 atom stereocenters. The number of hydrogen-bond donors (Lipinski definition) is 0. The van der Waals surface area contributed by atoms with Crippen LogP contribution in [0.2, 0.25) is 0 Å². The van der Waals surface area contributed by atoms with E-state index in [-0.39, 0.29) is 11.8 Å². The van der Waals surface area contributed by atoms with Crippen LogP contribution in [0.25, 0.3) is 0 Å². The second-order valence-electron chi connectivity index (χ2n) is 6.70. The lowest BCUT2D eigenvalue weighted by molar-refractivity contribution is -0.131. The van der Waals surface area contributed by atoms with Gasteiger partial charge in [-0.1, -0.05) is 74.5 Å². The predicted molar refractivity (Wildman–Crippen MR) is 103 cm³/mol. The fraction of sp³-hybridized carbons (Fsp3) is 0.409. The summed E-state index contributed by atoms with van der Waals surface area (Å²) in [6.07, 6.45) is 1.07. The molecule has 25 heavy (non-hydrogen) atoms. The summed E-state index contributed by atoms with van der Waals surface area (Å²) in [6, 6.07) is 20.8. The van der Waals surface area contributed by atoms with Crippen LogP contribution in [0.3, 0.4) is 0 Å². The summed E-state index contributed by atoms with van der Waals surface area (Å²) in [7, 11) is 0. The van der Waals surface area contributed by atoms with E-state index < -0.39 is 0 Å². The lowest BCUT2D eigenvalue weighted by atomic mass is 9.90. The van der Waals surface area contributed by atoms with Gasteiger partial charge in [-0.2, -0.15) is 0 Å². The van der Waals surface area contributed by atoms with Crippen molar-refractivity contribution < 1.29 is 4.79 Å². The molecule has 1 heterocycles. The van der Waals surface area contributed by atoms with Gasteiger partial charge in [0, 0.05) is 19.1 Å². The summed E-state index contributed by atoms with van der Waals surface area (Å²) in [5.74, 6) is 0.0184. The summed E-state index contributed by atoms with van der Waals surface area (Å²) in [5.41, 5.74) is 2.15. The van der Waals surface area contributed by atoms with Crippen LogP contribution in [0.1, 0.15) is 37.3 Å². The minimum Gasteiger partial charge on any atom is -0.340 e. The summed E-state index contributed by atoms with van der Waals surface area (Å²) in [4.78, 5) is 17.9. The van der Waals surface area contributed by atoms with Gasteiger partial charge in [0.05, 0.1) is 5.92 Å². The Balaban J connectivity index is 1.84. The molecule has 2 aromatic carbocycles. The molecule has 0 aliphatic carbocycles. The Morgan fingerprint density at radius 2 is 1.52 bits per heavy atom. The monoisotopic (exact) mass is 336 g/mol. The Morgan fingerprint density at radius 1 is 1.00 bits per heavy atom. The molecule has 3 nitrogen and oxygen atoms in total. The van der Waals surface area contributed by atoms with E-state index in [4.69, 9.17) is 0 Å². The largest absolute Gasteiger partial charge is 0.340 e. The third kappa shape index (κ3) is 3.93. The maximum Gasteiger partial charge on any atom is 0.234 e. The summed E-state index contributed by atoms with van der Waals surface area (Å²) < 4.78 is 0. The highest BCUT2D eigenvalue weighted by Crippen LogP contribution is 2.29. The molecule has 1 aliphatic heterocycles. The summed E-state index contributed by atoms with van der Waals surface area (Å²) in [5, 5.41) is 0. The highest BCUT2D eigenvalue weighted by molar-refractivity contribution is 5.87. The lowest BCUT2D eigenvalue weighted by Gasteiger charge is -2.28. The Hall–Kier alpha value is -2.13. The Labute approximate surface area is 151 Å². The fourth-order valence-electron chi connectivity index (χ4n) is 3.93. The standard InChI is InChI=1S/C22H28N2O/c1-3-23(4-2)20-15-16-24(17-20)22(25)21(18-11-7-5-8-12-18)19-13-9-6-10-14-19/h5-14,20-21H,3-4,15-17H2,1-2H3. The summed E-state index contributed by atoms with van der Waals surface area (Å²) >= 11 is 0. The van der Waals surface area contributed by atoms with Gasteiger partial charge in [0.2, 0.25) is 5.91 Å². The molecular weight excluding hydrogens is 308 g/mol. The smallest absolute Gasteiger partial charge is 0.234 e. The van der Waals surface area contributed by atoms with Crippen molar-refractivity contribution in [2.45, 2.75) is 32.2 Å². The molecule has 0 bridgehead atoms. The Kier molecular flexibility index (Phi) is 5.87. The molecule has 0 spiro atoms. The van der Waals surface area contributed by atoms with Gasteiger partial charge in [-0.15, -0.1) is 0 Å². The van der Waals surface area contributed by atoms with E-state index in [9.17, 15) is 4.79 Å². The van der Waals surface area contributed by atoms with E-state index in [0.29, 0.717) is 6.04 Å². The molecule has 3 rings (SSSR count). The van der Waals surface area contributed by atoms with Crippen LogP contribution in [0, 0.1) is 0 Å². The van der Waals surface area contributed by atoms with Gasteiger partial charge in [0.1, 0.15) is 0 Å². The van der Waals surface area contributed by atoms with Crippen molar-refractivity contribution in [1.29, 1.82) is 0 Å². The quantitative estimate of drug-likeness (QED) is 0.802. The van der Waals surface area contributed by atoms with E-state index >= 15 is 0 Å². The molecule has 0 N–H and O–H groups in total. The van der Waals surface area contributed by atoms with Crippen molar-refractivity contribution in [3.63, 3.8) is 0 Å². The minimum atomic E-state index is -0.210. The highest BCUT2D eigenvalue weighted by Gasteiger charge is 2.34. The van der Waals surface area contributed by atoms with Crippen LogP contribution >= 0.6 is 0 Å². The maximum atomic E-state index is 13.4. The van der Waals surface area contributed by atoms with Gasteiger partial charge < -0.3 is 4.90 Å². The van der Waals surface area contributed by atoms with Gasteiger partial charge in [0.25, 0.3) is 0 Å². The third-order valence-electron chi connectivity index (χ3n) is 5.32. The maximum absolute atomic E-state index is 13.4. The molecule has 2 aromatic rings. The number of likely N-dealkylation sites (tertiary alicyclic amines) is 1. The van der Waals surface area contributed by atoms with Gasteiger partial charge in [-0.3, -0.25) is 9.69 Å². The average molecular weight is 336 g/mol. The number of hydrogen-bond acceptors (Lipinski definition) is 2. The molecule has 0 aromatic heterocycles. The molecular formula is C22H28N2O. The van der Waals surface area contributed by atoms with E-state index in [1.54, 1.807) is 0 Å². The highest BCUT2D eigenvalue weighted by atomic mass is 16.2. The third-order valence-corrected chi connectivity index (χ3v) is 5.32. The lowest BCUT2D eigenvalue weighted by Crippen LogP contribution is -2.40. The molecule has 1 saturated heterocycles. The zero-order valence-corrected chi connectivity index (χ0v) is 15.3. The Morgan fingerprint density at radius 3 is 2.00 bits per heavy atom. The first kappa shape index (κ1) is 17.7. The van der Waals surface area contributed by atoms with E-state index in [2.05, 4.69) is 47.9 Å². The molecule has 0 saturated carbocycles. The van der Waals surface area contributed by atoms with Crippen LogP contribution in [-0.2, 0) is 4.79 Å². The normalized spacial score (nSPS) is 17.4. The second-order valence-corrected chi connectivity index (χ2v) is 6.70. The SMILES string of the molecule is CCN(CC)C1CCN(C(=O)C(c2ccccc2)c2ccccc2)C1. The van der Waals surface area contributed by atoms with Gasteiger partial charge in [-0.05, 0) is 30.6 Å². The van der Waals surface area contributed by atoms with Crippen LogP contribution in [-0.4, -0.2) is 47.9 Å². The number of benzene rings is 2. The van der Waals surface area contributed by atoms with Crippen molar-refractivity contribution in [2.75, 3.05) is 26.2 Å². The number of rotatable bonds is 6. The predicted octanol–water partition coefficient (Wildman–Crippen LogP) is 3.76. The number of carbonyl (C=O) groups excluding carboxylic acids is 1.